The van der Waals surface area contributed by atoms with Crippen LogP contribution in [0.1, 0.15) is 25.3 Å². The minimum absolute atomic E-state index is 0.0863. The molecule has 2 N–H and O–H groups in total. The minimum atomic E-state index is -0.0863. The zero-order valence-electron chi connectivity index (χ0n) is 10.5. The minimum Gasteiger partial charge on any atom is -0.504 e. The van der Waals surface area contributed by atoms with Crippen LogP contribution >= 0.6 is 0 Å². The van der Waals surface area contributed by atoms with E-state index in [2.05, 4.69) is 12.2 Å². The van der Waals surface area contributed by atoms with Crippen molar-refractivity contribution in [1.82, 2.24) is 5.32 Å². The van der Waals surface area contributed by atoms with E-state index in [1.807, 2.05) is 6.07 Å². The molecule has 1 aromatic carbocycles. The first-order valence-corrected chi connectivity index (χ1v) is 5.81. The number of benzene rings is 1. The van der Waals surface area contributed by atoms with Gasteiger partial charge < -0.3 is 19.9 Å². The number of rotatable bonds is 3. The van der Waals surface area contributed by atoms with E-state index < -0.39 is 0 Å². The largest absolute Gasteiger partial charge is 0.504 e. The number of methoxy groups -OCH3 is 2. The van der Waals surface area contributed by atoms with Gasteiger partial charge in [-0.15, -0.1) is 0 Å². The highest BCUT2D eigenvalue weighted by Gasteiger charge is 2.31. The summed E-state index contributed by atoms with van der Waals surface area (Å²) in [6.45, 7) is 3.15. The monoisotopic (exact) mass is 237 g/mol. The first-order valence-electron chi connectivity index (χ1n) is 5.81. The van der Waals surface area contributed by atoms with Gasteiger partial charge in [-0.3, -0.25) is 0 Å². The predicted octanol–water partition coefficient (Wildman–Crippen LogP) is 2.01. The lowest BCUT2D eigenvalue weighted by Crippen LogP contribution is -2.33. The van der Waals surface area contributed by atoms with Gasteiger partial charge in [0.2, 0.25) is 5.75 Å². The number of aromatic hydroxyl groups is 1. The number of ether oxygens (including phenoxy) is 2. The second-order valence-electron chi connectivity index (χ2n) is 4.59. The Bertz CT molecular complexity index is 411. The molecule has 4 heteroatoms. The van der Waals surface area contributed by atoms with Crippen molar-refractivity contribution in [3.63, 3.8) is 0 Å². The highest BCUT2D eigenvalue weighted by Crippen LogP contribution is 2.42. The van der Waals surface area contributed by atoms with E-state index in [4.69, 9.17) is 9.47 Å². The summed E-state index contributed by atoms with van der Waals surface area (Å²) in [5.74, 6) is 1.08. The molecule has 0 saturated carbocycles. The third-order valence-corrected chi connectivity index (χ3v) is 3.47. The number of phenols is 1. The molecular formula is C13H19NO3. The Kier molecular flexibility index (Phi) is 3.15. The Morgan fingerprint density at radius 2 is 2.06 bits per heavy atom. The fourth-order valence-electron chi connectivity index (χ4n) is 2.40. The van der Waals surface area contributed by atoms with Crippen molar-refractivity contribution < 1.29 is 14.6 Å². The highest BCUT2D eigenvalue weighted by atomic mass is 16.5. The summed E-state index contributed by atoms with van der Waals surface area (Å²) in [4.78, 5) is 0. The zero-order chi connectivity index (χ0) is 12.5. The molecule has 0 aromatic heterocycles. The van der Waals surface area contributed by atoms with Crippen molar-refractivity contribution in [2.45, 2.75) is 25.3 Å². The lowest BCUT2D eigenvalue weighted by Gasteiger charge is -2.26. The van der Waals surface area contributed by atoms with Gasteiger partial charge in [0.05, 0.1) is 14.2 Å². The predicted molar refractivity (Wildman–Crippen MR) is 65.8 cm³/mol. The molecule has 94 valence electrons. The topological polar surface area (TPSA) is 50.7 Å². The Labute approximate surface area is 102 Å². The summed E-state index contributed by atoms with van der Waals surface area (Å²) in [5, 5.41) is 13.4. The van der Waals surface area contributed by atoms with Crippen LogP contribution in [0.3, 0.4) is 0 Å². The molecule has 1 saturated heterocycles. The molecular weight excluding hydrogens is 218 g/mol. The standard InChI is InChI=1S/C13H19NO3/c1-13(5-4-6-14-13)9-7-10(15)12(17-3)11(8-9)16-2/h7-8,14-15H,4-6H2,1-3H3. The van der Waals surface area contributed by atoms with E-state index in [1.54, 1.807) is 13.2 Å². The average Bonchev–Trinajstić information content (AvgIpc) is 2.76. The van der Waals surface area contributed by atoms with Crippen molar-refractivity contribution in [3.05, 3.63) is 17.7 Å². The van der Waals surface area contributed by atoms with Gasteiger partial charge in [0.15, 0.2) is 11.5 Å². The molecule has 1 fully saturated rings. The number of hydrogen-bond donors (Lipinski definition) is 2. The maximum Gasteiger partial charge on any atom is 0.203 e. The van der Waals surface area contributed by atoms with E-state index in [9.17, 15) is 5.11 Å². The number of hydrogen-bond acceptors (Lipinski definition) is 4. The van der Waals surface area contributed by atoms with Gasteiger partial charge in [-0.1, -0.05) is 0 Å². The van der Waals surface area contributed by atoms with Crippen LogP contribution in [0.25, 0.3) is 0 Å². The summed E-state index contributed by atoms with van der Waals surface area (Å²) in [6.07, 6.45) is 2.20. The lowest BCUT2D eigenvalue weighted by atomic mass is 9.90. The normalized spacial score (nSPS) is 23.7. The molecule has 4 nitrogen and oxygen atoms in total. The molecule has 1 aliphatic heterocycles. The van der Waals surface area contributed by atoms with Gasteiger partial charge in [0, 0.05) is 5.54 Å². The van der Waals surface area contributed by atoms with Crippen LogP contribution in [0.4, 0.5) is 0 Å². The molecule has 0 amide bonds. The summed E-state index contributed by atoms with van der Waals surface area (Å²) < 4.78 is 10.4. The smallest absolute Gasteiger partial charge is 0.203 e. The fourth-order valence-corrected chi connectivity index (χ4v) is 2.40. The van der Waals surface area contributed by atoms with Crippen LogP contribution in [0, 0.1) is 0 Å². The lowest BCUT2D eigenvalue weighted by molar-refractivity contribution is 0.329. The van der Waals surface area contributed by atoms with Crippen molar-refractivity contribution in [2.24, 2.45) is 0 Å². The average molecular weight is 237 g/mol. The van der Waals surface area contributed by atoms with Crippen LogP contribution in [0.5, 0.6) is 17.2 Å². The highest BCUT2D eigenvalue weighted by molar-refractivity contribution is 5.54. The van der Waals surface area contributed by atoms with Crippen molar-refractivity contribution >= 4 is 0 Å². The Hall–Kier alpha value is -1.42. The summed E-state index contributed by atoms with van der Waals surface area (Å²) in [6, 6.07) is 3.68. The number of nitrogens with one attached hydrogen (secondary N) is 1. The van der Waals surface area contributed by atoms with E-state index in [0.29, 0.717) is 11.5 Å². The molecule has 0 spiro atoms. The fraction of sp³-hybridized carbons (Fsp3) is 0.538. The van der Waals surface area contributed by atoms with Crippen LogP contribution in [0.2, 0.25) is 0 Å². The van der Waals surface area contributed by atoms with Gasteiger partial charge >= 0.3 is 0 Å². The quantitative estimate of drug-likeness (QED) is 0.844. The Morgan fingerprint density at radius 3 is 2.59 bits per heavy atom. The van der Waals surface area contributed by atoms with Crippen LogP contribution in [-0.4, -0.2) is 25.9 Å². The molecule has 1 aromatic rings. The zero-order valence-corrected chi connectivity index (χ0v) is 10.5. The maximum absolute atomic E-state index is 9.95. The van der Waals surface area contributed by atoms with Gasteiger partial charge in [-0.25, -0.2) is 0 Å². The second kappa shape index (κ2) is 4.45. The second-order valence-corrected chi connectivity index (χ2v) is 4.59. The summed E-state index contributed by atoms with van der Waals surface area (Å²) in [5.41, 5.74) is 0.946. The van der Waals surface area contributed by atoms with Crippen molar-refractivity contribution in [3.8, 4) is 17.2 Å². The Balaban J connectivity index is 2.46. The number of phenolic OH excluding ortho intramolecular Hbond substituents is 1. The van der Waals surface area contributed by atoms with Crippen LogP contribution in [0.15, 0.2) is 12.1 Å². The molecule has 0 aliphatic carbocycles. The summed E-state index contributed by atoms with van der Waals surface area (Å²) in [7, 11) is 3.10. The van der Waals surface area contributed by atoms with Crippen molar-refractivity contribution in [1.29, 1.82) is 0 Å². The third-order valence-electron chi connectivity index (χ3n) is 3.47. The van der Waals surface area contributed by atoms with Crippen molar-refractivity contribution in [2.75, 3.05) is 20.8 Å². The maximum atomic E-state index is 9.95. The van der Waals surface area contributed by atoms with E-state index >= 15 is 0 Å². The Morgan fingerprint density at radius 1 is 1.29 bits per heavy atom. The molecule has 2 rings (SSSR count). The molecule has 0 bridgehead atoms. The third kappa shape index (κ3) is 2.05. The first-order chi connectivity index (χ1) is 8.10. The summed E-state index contributed by atoms with van der Waals surface area (Å²) >= 11 is 0. The van der Waals surface area contributed by atoms with Crippen LogP contribution in [-0.2, 0) is 5.54 Å². The van der Waals surface area contributed by atoms with Gasteiger partial charge in [-0.05, 0) is 44.0 Å². The molecule has 0 radical (unpaired) electrons. The van der Waals surface area contributed by atoms with E-state index in [0.717, 1.165) is 24.9 Å². The first kappa shape index (κ1) is 12.0. The van der Waals surface area contributed by atoms with Gasteiger partial charge in [-0.2, -0.15) is 0 Å². The molecule has 17 heavy (non-hydrogen) atoms. The van der Waals surface area contributed by atoms with Gasteiger partial charge in [0.1, 0.15) is 0 Å². The van der Waals surface area contributed by atoms with Gasteiger partial charge in [0.25, 0.3) is 0 Å². The van der Waals surface area contributed by atoms with E-state index in [1.165, 1.54) is 7.11 Å². The van der Waals surface area contributed by atoms with Crippen LogP contribution < -0.4 is 14.8 Å². The van der Waals surface area contributed by atoms with E-state index in [-0.39, 0.29) is 11.3 Å². The SMILES string of the molecule is COc1cc(C2(C)CCCN2)cc(O)c1OC. The molecule has 1 unspecified atom stereocenters. The molecule has 1 atom stereocenters. The molecule has 1 aliphatic rings. The molecule has 1 heterocycles.